The number of H-pyrrole nitrogens is 1. The van der Waals surface area contributed by atoms with Crippen LogP contribution in [0.4, 0.5) is 11.6 Å². The average molecular weight is 408 g/mol. The van der Waals surface area contributed by atoms with Crippen LogP contribution in [0, 0.1) is 6.92 Å². The summed E-state index contributed by atoms with van der Waals surface area (Å²) >= 11 is 6.01. The Morgan fingerprint density at radius 3 is 2.72 bits per heavy atom. The molecule has 3 N–H and O–H groups in total. The summed E-state index contributed by atoms with van der Waals surface area (Å²) in [7, 11) is 1.56. The lowest BCUT2D eigenvalue weighted by molar-refractivity contribution is 0.0958. The normalized spacial score (nSPS) is 10.7. The molecule has 0 fully saturated rings. The molecule has 0 spiro atoms. The minimum Gasteiger partial charge on any atom is -0.457 e. The number of anilines is 2. The minimum atomic E-state index is -0.271. The molecule has 0 aliphatic carbocycles. The first-order valence-corrected chi connectivity index (χ1v) is 9.28. The Bertz CT molecular complexity index is 1200. The van der Waals surface area contributed by atoms with E-state index in [-0.39, 0.29) is 11.6 Å². The highest BCUT2D eigenvalue weighted by Crippen LogP contribution is 2.27. The van der Waals surface area contributed by atoms with Crippen molar-refractivity contribution in [3.8, 4) is 11.5 Å². The Hall–Kier alpha value is -3.58. The lowest BCUT2D eigenvalue weighted by Crippen LogP contribution is -2.18. The maximum Gasteiger partial charge on any atom is 0.269 e. The summed E-state index contributed by atoms with van der Waals surface area (Å²) < 4.78 is 5.88. The summed E-state index contributed by atoms with van der Waals surface area (Å²) in [6.45, 7) is 1.98. The predicted molar refractivity (Wildman–Crippen MR) is 113 cm³/mol. The summed E-state index contributed by atoms with van der Waals surface area (Å²) in [5.41, 5.74) is 3.84. The molecule has 4 aromatic rings. The number of benzene rings is 2. The number of aromatic nitrogens is 3. The van der Waals surface area contributed by atoms with Gasteiger partial charge in [0.05, 0.1) is 11.0 Å². The van der Waals surface area contributed by atoms with E-state index in [4.69, 9.17) is 16.3 Å². The van der Waals surface area contributed by atoms with Gasteiger partial charge in [-0.15, -0.1) is 0 Å². The monoisotopic (exact) mass is 407 g/mol. The maximum absolute atomic E-state index is 11.7. The van der Waals surface area contributed by atoms with E-state index in [0.29, 0.717) is 22.5 Å². The molecule has 7 nitrogen and oxygen atoms in total. The van der Waals surface area contributed by atoms with Crippen LogP contribution in [0.25, 0.3) is 11.0 Å². The molecule has 1 amide bonds. The molecule has 0 radical (unpaired) electrons. The minimum absolute atomic E-state index is 0.271. The zero-order valence-corrected chi connectivity index (χ0v) is 16.5. The second-order valence-corrected chi connectivity index (χ2v) is 6.84. The summed E-state index contributed by atoms with van der Waals surface area (Å²) in [4.78, 5) is 23.6. The molecule has 2 heterocycles. The number of aryl methyl sites for hydroxylation is 1. The number of carbonyl (C=O) groups is 1. The number of nitrogens with zero attached hydrogens (tertiary/aromatic N) is 2. The van der Waals surface area contributed by atoms with E-state index >= 15 is 0 Å². The van der Waals surface area contributed by atoms with Crippen LogP contribution in [0.15, 0.2) is 54.7 Å². The first-order valence-electron chi connectivity index (χ1n) is 8.91. The van der Waals surface area contributed by atoms with Crippen molar-refractivity contribution in [2.45, 2.75) is 6.92 Å². The predicted octanol–water partition coefficient (Wildman–Crippen LogP) is 4.82. The van der Waals surface area contributed by atoms with Gasteiger partial charge in [-0.3, -0.25) is 9.78 Å². The molecule has 2 aromatic carbocycles. The van der Waals surface area contributed by atoms with Crippen molar-refractivity contribution in [3.63, 3.8) is 0 Å². The summed E-state index contributed by atoms with van der Waals surface area (Å²) in [6.07, 6.45) is 1.53. The van der Waals surface area contributed by atoms with Crippen molar-refractivity contribution in [3.05, 3.63) is 71.0 Å². The molecular formula is C21H18ClN5O2. The number of hydrogen-bond acceptors (Lipinski definition) is 5. The number of halogens is 1. The van der Waals surface area contributed by atoms with Crippen LogP contribution in [-0.4, -0.2) is 27.9 Å². The number of ether oxygens (including phenoxy) is 1. The number of nitrogens with one attached hydrogen (secondary N) is 3. The van der Waals surface area contributed by atoms with Crippen LogP contribution in [0.3, 0.4) is 0 Å². The molecule has 0 aliphatic heterocycles. The Morgan fingerprint density at radius 1 is 1.10 bits per heavy atom. The molecule has 0 aliphatic rings. The summed E-state index contributed by atoms with van der Waals surface area (Å²) in [5.74, 6) is 1.48. The van der Waals surface area contributed by atoms with Crippen molar-refractivity contribution in [1.82, 2.24) is 20.3 Å². The fraction of sp³-hybridized carbons (Fsp3) is 0.0952. The van der Waals surface area contributed by atoms with Crippen LogP contribution in [0.2, 0.25) is 5.02 Å². The lowest BCUT2D eigenvalue weighted by Gasteiger charge is -2.07. The van der Waals surface area contributed by atoms with Crippen molar-refractivity contribution >= 4 is 40.2 Å². The van der Waals surface area contributed by atoms with Crippen LogP contribution in [-0.2, 0) is 0 Å². The third-order valence-corrected chi connectivity index (χ3v) is 4.56. The molecule has 8 heteroatoms. The van der Waals surface area contributed by atoms with E-state index in [1.807, 2.05) is 43.3 Å². The van der Waals surface area contributed by atoms with Crippen LogP contribution in [0.5, 0.6) is 11.5 Å². The smallest absolute Gasteiger partial charge is 0.269 e. The summed E-state index contributed by atoms with van der Waals surface area (Å²) in [5, 5.41) is 6.50. The van der Waals surface area contributed by atoms with Crippen LogP contribution >= 0.6 is 11.6 Å². The van der Waals surface area contributed by atoms with Crippen molar-refractivity contribution in [1.29, 1.82) is 0 Å². The van der Waals surface area contributed by atoms with Gasteiger partial charge in [-0.1, -0.05) is 11.6 Å². The number of imidazole rings is 1. The first-order chi connectivity index (χ1) is 14.0. The topological polar surface area (TPSA) is 91.9 Å². The fourth-order valence-electron chi connectivity index (χ4n) is 2.87. The summed E-state index contributed by atoms with van der Waals surface area (Å²) in [6, 6.07) is 14.4. The number of fused-ring (bicyclic) bond motifs is 1. The van der Waals surface area contributed by atoms with E-state index in [0.717, 1.165) is 22.3 Å². The van der Waals surface area contributed by atoms with Gasteiger partial charge in [0.1, 0.15) is 17.2 Å². The van der Waals surface area contributed by atoms with Gasteiger partial charge >= 0.3 is 0 Å². The molecule has 0 saturated carbocycles. The number of rotatable bonds is 5. The van der Waals surface area contributed by atoms with Gasteiger partial charge in [0.15, 0.2) is 0 Å². The molecule has 0 bridgehead atoms. The Kier molecular flexibility index (Phi) is 5.05. The van der Waals surface area contributed by atoms with Gasteiger partial charge in [-0.2, -0.15) is 0 Å². The van der Waals surface area contributed by atoms with E-state index in [1.165, 1.54) is 6.20 Å². The standard InChI is InChI=1S/C21H18ClN5O2/c1-12-9-13(22)3-5-16(12)25-21-26-17-6-4-14(10-18(17)27-21)29-15-7-8-24-19(11-15)20(28)23-2/h3-11H,1-2H3,(H,23,28)(H2,25,26,27). The van der Waals surface area contributed by atoms with Gasteiger partial charge in [0, 0.05) is 36.1 Å². The maximum atomic E-state index is 11.7. The lowest BCUT2D eigenvalue weighted by atomic mass is 10.2. The largest absolute Gasteiger partial charge is 0.457 e. The first kappa shape index (κ1) is 18.8. The van der Waals surface area contributed by atoms with Crippen LogP contribution < -0.4 is 15.4 Å². The second kappa shape index (κ2) is 7.81. The van der Waals surface area contributed by atoms with Gasteiger partial charge < -0.3 is 20.4 Å². The average Bonchev–Trinajstić information content (AvgIpc) is 3.11. The SMILES string of the molecule is CNC(=O)c1cc(Oc2ccc3nc(Nc4ccc(Cl)cc4C)[nH]c3c2)ccn1. The van der Waals surface area contributed by atoms with E-state index < -0.39 is 0 Å². The van der Waals surface area contributed by atoms with E-state index in [2.05, 4.69) is 25.6 Å². The highest BCUT2D eigenvalue weighted by Gasteiger charge is 2.09. The quantitative estimate of drug-likeness (QED) is 0.441. The van der Waals surface area contributed by atoms with E-state index in [9.17, 15) is 4.79 Å². The molecule has 0 saturated heterocycles. The van der Waals surface area contributed by atoms with Gasteiger partial charge in [-0.05, 0) is 48.9 Å². The van der Waals surface area contributed by atoms with Crippen molar-refractivity contribution < 1.29 is 9.53 Å². The number of carbonyl (C=O) groups excluding carboxylic acids is 1. The second-order valence-electron chi connectivity index (χ2n) is 6.41. The van der Waals surface area contributed by atoms with Crippen LogP contribution in [0.1, 0.15) is 16.1 Å². The highest BCUT2D eigenvalue weighted by atomic mass is 35.5. The number of hydrogen-bond donors (Lipinski definition) is 3. The zero-order chi connectivity index (χ0) is 20.4. The highest BCUT2D eigenvalue weighted by molar-refractivity contribution is 6.30. The molecule has 146 valence electrons. The van der Waals surface area contributed by atoms with Crippen molar-refractivity contribution in [2.24, 2.45) is 0 Å². The Balaban J connectivity index is 1.56. The van der Waals surface area contributed by atoms with E-state index in [1.54, 1.807) is 19.2 Å². The Labute approximate surface area is 172 Å². The molecule has 4 rings (SSSR count). The number of pyridine rings is 1. The van der Waals surface area contributed by atoms with Crippen molar-refractivity contribution in [2.75, 3.05) is 12.4 Å². The Morgan fingerprint density at radius 2 is 1.93 bits per heavy atom. The number of amides is 1. The molecular weight excluding hydrogens is 390 g/mol. The van der Waals surface area contributed by atoms with Gasteiger partial charge in [0.2, 0.25) is 5.95 Å². The molecule has 2 aromatic heterocycles. The third-order valence-electron chi connectivity index (χ3n) is 4.32. The molecule has 0 unspecified atom stereocenters. The molecule has 29 heavy (non-hydrogen) atoms. The zero-order valence-electron chi connectivity index (χ0n) is 15.8. The molecule has 0 atom stereocenters. The van der Waals surface area contributed by atoms with Gasteiger partial charge in [-0.25, -0.2) is 4.98 Å². The number of aromatic amines is 1. The fourth-order valence-corrected chi connectivity index (χ4v) is 3.10. The van der Waals surface area contributed by atoms with Gasteiger partial charge in [0.25, 0.3) is 5.91 Å². The third kappa shape index (κ3) is 4.14.